The second-order valence-corrected chi connectivity index (χ2v) is 8.48. The summed E-state index contributed by atoms with van der Waals surface area (Å²) < 4.78 is 24.5. The lowest BCUT2D eigenvalue weighted by Gasteiger charge is -2.18. The highest BCUT2D eigenvalue weighted by molar-refractivity contribution is 5.84. The van der Waals surface area contributed by atoms with Gasteiger partial charge >= 0.3 is 5.97 Å². The average molecular weight is 421 g/mol. The van der Waals surface area contributed by atoms with Crippen molar-refractivity contribution in [2.75, 3.05) is 13.2 Å². The molecule has 0 saturated heterocycles. The maximum Gasteiger partial charge on any atom is 0.331 e. The number of esters is 1. The molecule has 1 aliphatic rings. The third kappa shape index (κ3) is 6.17. The highest BCUT2D eigenvalue weighted by atomic mass is 19.1. The molecular weight excluding hydrogens is 391 g/mol. The van der Waals surface area contributed by atoms with Gasteiger partial charge in [0.15, 0.2) is 0 Å². The number of halogens is 1. The van der Waals surface area contributed by atoms with Crippen LogP contribution in [0.4, 0.5) is 4.39 Å². The number of allylic oxidation sites excluding steroid dienone is 4. The summed E-state index contributed by atoms with van der Waals surface area (Å²) in [6, 6.07) is 12.5. The summed E-state index contributed by atoms with van der Waals surface area (Å²) in [5.41, 5.74) is 4.56. The smallest absolute Gasteiger partial charge is 0.331 e. The zero-order valence-corrected chi connectivity index (χ0v) is 18.6. The lowest BCUT2D eigenvalue weighted by Crippen LogP contribution is -2.17. The Kier molecular flexibility index (Phi) is 7.11. The van der Waals surface area contributed by atoms with Gasteiger partial charge in [0.1, 0.15) is 11.6 Å². The van der Waals surface area contributed by atoms with Crippen LogP contribution in [-0.2, 0) is 9.53 Å². The molecular formula is C27H29FO3. The largest absolute Gasteiger partial charge is 0.492 e. The van der Waals surface area contributed by atoms with Gasteiger partial charge in [0, 0.05) is 17.1 Å². The minimum atomic E-state index is -0.327. The number of hydrogen-bond donors (Lipinski definition) is 0. The predicted octanol–water partition coefficient (Wildman–Crippen LogP) is 6.75. The van der Waals surface area contributed by atoms with E-state index < -0.39 is 0 Å². The van der Waals surface area contributed by atoms with Gasteiger partial charge in [-0.1, -0.05) is 63.3 Å². The molecule has 0 bridgehead atoms. The maximum absolute atomic E-state index is 13.3. The molecule has 0 aliphatic carbocycles. The zero-order chi connectivity index (χ0) is 22.4. The summed E-state index contributed by atoms with van der Waals surface area (Å²) in [5.74, 6) is 0.202. The van der Waals surface area contributed by atoms with Crippen molar-refractivity contribution in [3.05, 3.63) is 83.7 Å². The van der Waals surface area contributed by atoms with Crippen LogP contribution in [-0.4, -0.2) is 19.2 Å². The van der Waals surface area contributed by atoms with Crippen LogP contribution in [0.25, 0.3) is 16.7 Å². The zero-order valence-electron chi connectivity index (χ0n) is 18.6. The van der Waals surface area contributed by atoms with Gasteiger partial charge in [-0.25, -0.2) is 9.18 Å². The van der Waals surface area contributed by atoms with E-state index in [1.54, 1.807) is 12.1 Å². The van der Waals surface area contributed by atoms with E-state index >= 15 is 0 Å². The number of fused-ring (bicyclic) bond motifs is 1. The lowest BCUT2D eigenvalue weighted by molar-refractivity contribution is -0.137. The Hall–Kier alpha value is -3.14. The molecule has 2 aromatic rings. The first kappa shape index (κ1) is 22.5. The number of rotatable bonds is 6. The second-order valence-electron chi connectivity index (χ2n) is 8.48. The third-order valence-corrected chi connectivity index (χ3v) is 4.94. The van der Waals surface area contributed by atoms with Gasteiger partial charge in [0.05, 0.1) is 13.2 Å². The van der Waals surface area contributed by atoms with Crippen LogP contribution in [0.1, 0.15) is 39.7 Å². The van der Waals surface area contributed by atoms with E-state index in [1.165, 1.54) is 18.2 Å². The Morgan fingerprint density at radius 3 is 2.58 bits per heavy atom. The van der Waals surface area contributed by atoms with Crippen LogP contribution >= 0.6 is 0 Å². The van der Waals surface area contributed by atoms with E-state index in [9.17, 15) is 9.18 Å². The molecule has 3 nitrogen and oxygen atoms in total. The third-order valence-electron chi connectivity index (χ3n) is 4.94. The highest BCUT2D eigenvalue weighted by Gasteiger charge is 2.23. The maximum atomic E-state index is 13.3. The van der Waals surface area contributed by atoms with Crippen molar-refractivity contribution >= 4 is 11.5 Å². The van der Waals surface area contributed by atoms with Gasteiger partial charge in [-0.3, -0.25) is 0 Å². The van der Waals surface area contributed by atoms with Crippen molar-refractivity contribution in [3.63, 3.8) is 0 Å². The molecule has 0 fully saturated rings. The molecule has 0 unspecified atom stereocenters. The van der Waals surface area contributed by atoms with Gasteiger partial charge in [-0.15, -0.1) is 0 Å². The van der Waals surface area contributed by atoms with E-state index in [0.29, 0.717) is 13.2 Å². The average Bonchev–Trinajstić information content (AvgIpc) is 2.86. The van der Waals surface area contributed by atoms with E-state index in [0.717, 1.165) is 40.0 Å². The van der Waals surface area contributed by atoms with E-state index in [1.807, 2.05) is 44.2 Å². The fraction of sp³-hybridized carbons (Fsp3) is 0.296. The Morgan fingerprint density at radius 1 is 1.16 bits per heavy atom. The molecule has 0 spiro atoms. The van der Waals surface area contributed by atoms with Crippen molar-refractivity contribution in [1.82, 2.24) is 0 Å². The summed E-state index contributed by atoms with van der Waals surface area (Å²) in [4.78, 5) is 11.8. The molecule has 0 amide bonds. The SMILES string of the molecule is CCCOC(=O)/C=C(C)/C=C/C1=CC(C)(C)COc2cc(-c3ccc(F)cc3)ccc21. The van der Waals surface area contributed by atoms with Crippen molar-refractivity contribution in [2.45, 2.75) is 34.1 Å². The van der Waals surface area contributed by atoms with E-state index in [4.69, 9.17) is 9.47 Å². The van der Waals surface area contributed by atoms with Crippen molar-refractivity contribution in [2.24, 2.45) is 5.41 Å². The van der Waals surface area contributed by atoms with Crippen LogP contribution < -0.4 is 4.74 Å². The van der Waals surface area contributed by atoms with E-state index in [2.05, 4.69) is 19.9 Å². The molecule has 0 radical (unpaired) electrons. The molecule has 0 aromatic heterocycles. The van der Waals surface area contributed by atoms with Crippen LogP contribution in [0.3, 0.4) is 0 Å². The van der Waals surface area contributed by atoms with Gasteiger partial charge < -0.3 is 9.47 Å². The topological polar surface area (TPSA) is 35.5 Å². The van der Waals surface area contributed by atoms with Gasteiger partial charge in [0.25, 0.3) is 0 Å². The second kappa shape index (κ2) is 9.78. The van der Waals surface area contributed by atoms with Crippen LogP contribution in [0.5, 0.6) is 5.75 Å². The molecule has 2 aromatic carbocycles. The Labute approximate surface area is 183 Å². The summed E-state index contributed by atoms with van der Waals surface area (Å²) in [5, 5.41) is 0. The number of hydrogen-bond acceptors (Lipinski definition) is 3. The first-order chi connectivity index (χ1) is 14.8. The molecule has 31 heavy (non-hydrogen) atoms. The molecule has 4 heteroatoms. The van der Waals surface area contributed by atoms with Crippen molar-refractivity contribution in [1.29, 1.82) is 0 Å². The van der Waals surface area contributed by atoms with Crippen LogP contribution in [0, 0.1) is 11.2 Å². The lowest BCUT2D eigenvalue weighted by atomic mass is 9.90. The van der Waals surface area contributed by atoms with Crippen LogP contribution in [0.15, 0.2) is 72.3 Å². The number of carbonyl (C=O) groups excluding carboxylic acids is 1. The molecule has 0 saturated carbocycles. The highest BCUT2D eigenvalue weighted by Crippen LogP contribution is 2.38. The van der Waals surface area contributed by atoms with Crippen molar-refractivity contribution in [3.8, 4) is 16.9 Å². The number of benzene rings is 2. The fourth-order valence-electron chi connectivity index (χ4n) is 3.34. The summed E-state index contributed by atoms with van der Waals surface area (Å²) >= 11 is 0. The molecule has 1 heterocycles. The quantitative estimate of drug-likeness (QED) is 0.295. The summed E-state index contributed by atoms with van der Waals surface area (Å²) in [7, 11) is 0. The first-order valence-corrected chi connectivity index (χ1v) is 10.6. The van der Waals surface area contributed by atoms with Crippen LogP contribution in [0.2, 0.25) is 0 Å². The predicted molar refractivity (Wildman–Crippen MR) is 123 cm³/mol. The number of carbonyl (C=O) groups is 1. The van der Waals surface area contributed by atoms with E-state index in [-0.39, 0.29) is 17.2 Å². The van der Waals surface area contributed by atoms with Crippen molar-refractivity contribution < 1.29 is 18.7 Å². The normalized spacial score (nSPS) is 15.6. The Balaban J connectivity index is 1.91. The Bertz CT molecular complexity index is 1030. The molecule has 1 aliphatic heterocycles. The molecule has 0 N–H and O–H groups in total. The monoisotopic (exact) mass is 420 g/mol. The van der Waals surface area contributed by atoms with Gasteiger partial charge in [-0.2, -0.15) is 0 Å². The standard InChI is InChI=1S/C27H29FO3/c1-5-14-30-26(29)15-19(2)6-7-22-17-27(3,4)18-31-25-16-21(10-13-24(22)25)20-8-11-23(28)12-9-20/h6-13,15-17H,5,14,18H2,1-4H3/b7-6+,19-15+. The molecule has 3 rings (SSSR count). The summed E-state index contributed by atoms with van der Waals surface area (Å²) in [6.45, 7) is 9.05. The van der Waals surface area contributed by atoms with Gasteiger partial charge in [-0.05, 0) is 53.8 Å². The van der Waals surface area contributed by atoms with Gasteiger partial charge in [0.2, 0.25) is 0 Å². The minimum Gasteiger partial charge on any atom is -0.492 e. The number of ether oxygens (including phenoxy) is 2. The molecule has 0 atom stereocenters. The summed E-state index contributed by atoms with van der Waals surface area (Å²) in [6.07, 6.45) is 8.41. The Morgan fingerprint density at radius 2 is 1.87 bits per heavy atom. The minimum absolute atomic E-state index is 0.160. The fourth-order valence-corrected chi connectivity index (χ4v) is 3.34. The first-order valence-electron chi connectivity index (χ1n) is 10.6. The molecule has 162 valence electrons.